The van der Waals surface area contributed by atoms with Gasteiger partial charge in [-0.25, -0.2) is 13.2 Å². The summed E-state index contributed by atoms with van der Waals surface area (Å²) in [4.78, 5) is 4.22. The second kappa shape index (κ2) is 4.50. The number of hydrogen-bond acceptors (Lipinski definition) is 3. The van der Waals surface area contributed by atoms with Crippen molar-refractivity contribution >= 4 is 22.6 Å². The summed E-state index contributed by atoms with van der Waals surface area (Å²) in [6.45, 7) is 0.683. The normalized spacial score (nSPS) is 23.1. The first-order valence-corrected chi connectivity index (χ1v) is 6.64. The van der Waals surface area contributed by atoms with E-state index in [1.807, 2.05) is 0 Å². The molecule has 1 unspecified atom stereocenters. The van der Waals surface area contributed by atoms with Crippen LogP contribution in [-0.2, 0) is 0 Å². The maximum Gasteiger partial charge on any atom is 0.161 e. The van der Waals surface area contributed by atoms with Gasteiger partial charge in [0.05, 0.1) is 6.54 Å². The molecule has 1 aromatic rings. The molecule has 2 nitrogen and oxygen atoms in total. The maximum atomic E-state index is 13.4. The molecule has 1 heterocycles. The highest BCUT2D eigenvalue weighted by atomic mass is 32.2. The van der Waals surface area contributed by atoms with Gasteiger partial charge in [-0.15, -0.1) is 0 Å². The molecule has 18 heavy (non-hydrogen) atoms. The van der Waals surface area contributed by atoms with Crippen molar-refractivity contribution in [3.05, 3.63) is 29.6 Å². The molecular weight excluding hydrogens is 261 g/mol. The molecule has 1 N–H and O–H groups in total. The summed E-state index contributed by atoms with van der Waals surface area (Å²) < 4.78 is 39.6. The standard InChI is InChI=1S/C12H11F3N2S/c13-7-3-8(14)11(9(15)4-7)17-12-16-5-10(18-12)6-1-2-6/h3-4,6,10H,1-2,5H2,(H,16,17). The van der Waals surface area contributed by atoms with Gasteiger partial charge in [0, 0.05) is 17.4 Å². The first-order valence-electron chi connectivity index (χ1n) is 5.76. The van der Waals surface area contributed by atoms with E-state index in [9.17, 15) is 13.2 Å². The van der Waals surface area contributed by atoms with Gasteiger partial charge < -0.3 is 5.32 Å². The highest BCUT2D eigenvalue weighted by molar-refractivity contribution is 8.15. The van der Waals surface area contributed by atoms with Gasteiger partial charge in [-0.2, -0.15) is 0 Å². The van der Waals surface area contributed by atoms with E-state index in [0.29, 0.717) is 35.0 Å². The van der Waals surface area contributed by atoms with E-state index >= 15 is 0 Å². The molecule has 0 saturated heterocycles. The second-order valence-electron chi connectivity index (χ2n) is 4.51. The molecule has 6 heteroatoms. The van der Waals surface area contributed by atoms with E-state index in [2.05, 4.69) is 10.3 Å². The quantitative estimate of drug-likeness (QED) is 0.892. The first kappa shape index (κ1) is 11.9. The summed E-state index contributed by atoms with van der Waals surface area (Å²) in [6.07, 6.45) is 2.42. The minimum atomic E-state index is -0.939. The molecule has 2 aliphatic rings. The van der Waals surface area contributed by atoms with Gasteiger partial charge in [-0.1, -0.05) is 11.8 Å². The summed E-state index contributed by atoms with van der Waals surface area (Å²) >= 11 is 1.51. The lowest BCUT2D eigenvalue weighted by molar-refractivity contribution is 0.549. The van der Waals surface area contributed by atoms with Crippen LogP contribution < -0.4 is 5.32 Å². The molecule has 0 amide bonds. The summed E-state index contributed by atoms with van der Waals surface area (Å²) in [5.74, 6) is -2.12. The highest BCUT2D eigenvalue weighted by Crippen LogP contribution is 2.42. The lowest BCUT2D eigenvalue weighted by Gasteiger charge is -2.09. The molecule has 96 valence electrons. The van der Waals surface area contributed by atoms with Crippen LogP contribution in [0, 0.1) is 23.4 Å². The third kappa shape index (κ3) is 2.34. The van der Waals surface area contributed by atoms with Crippen LogP contribution in [0.15, 0.2) is 17.1 Å². The van der Waals surface area contributed by atoms with Gasteiger partial charge >= 0.3 is 0 Å². The number of halogens is 3. The van der Waals surface area contributed by atoms with Crippen molar-refractivity contribution in [3.8, 4) is 0 Å². The first-order chi connectivity index (χ1) is 8.63. The molecule has 0 radical (unpaired) electrons. The van der Waals surface area contributed by atoms with Gasteiger partial charge in [-0.3, -0.25) is 4.99 Å². The number of nitrogens with zero attached hydrogens (tertiary/aromatic N) is 1. The van der Waals surface area contributed by atoms with Gasteiger partial charge in [-0.05, 0) is 18.8 Å². The Morgan fingerprint density at radius 3 is 2.44 bits per heavy atom. The predicted octanol–water partition coefficient (Wildman–Crippen LogP) is 3.40. The third-order valence-electron chi connectivity index (χ3n) is 3.06. The maximum absolute atomic E-state index is 13.4. The molecule has 1 aliphatic carbocycles. The van der Waals surface area contributed by atoms with E-state index in [-0.39, 0.29) is 5.69 Å². The Kier molecular flexibility index (Phi) is 2.97. The topological polar surface area (TPSA) is 24.4 Å². The zero-order chi connectivity index (χ0) is 12.7. The van der Waals surface area contributed by atoms with Crippen molar-refractivity contribution in [2.24, 2.45) is 10.9 Å². The molecule has 1 saturated carbocycles. The van der Waals surface area contributed by atoms with Crippen molar-refractivity contribution in [2.45, 2.75) is 18.1 Å². The average Bonchev–Trinajstić information content (AvgIpc) is 3.04. The van der Waals surface area contributed by atoms with Crippen LogP contribution in [0.25, 0.3) is 0 Å². The van der Waals surface area contributed by atoms with E-state index < -0.39 is 17.5 Å². The number of aliphatic imine (C=N–C) groups is 1. The van der Waals surface area contributed by atoms with E-state index in [1.54, 1.807) is 0 Å². The van der Waals surface area contributed by atoms with Gasteiger partial charge in [0.25, 0.3) is 0 Å². The zero-order valence-electron chi connectivity index (χ0n) is 9.42. The predicted molar refractivity (Wildman–Crippen MR) is 66.3 cm³/mol. The number of amidine groups is 1. The Morgan fingerprint density at radius 2 is 1.83 bits per heavy atom. The Balaban J connectivity index is 1.73. The summed E-state index contributed by atoms with van der Waals surface area (Å²) in [5, 5.41) is 3.54. The Bertz CT molecular complexity index is 491. The Hall–Kier alpha value is -1.17. The molecule has 1 aromatic carbocycles. The van der Waals surface area contributed by atoms with Gasteiger partial charge in [0.1, 0.15) is 11.5 Å². The number of nitrogens with one attached hydrogen (secondary N) is 1. The van der Waals surface area contributed by atoms with Crippen molar-refractivity contribution < 1.29 is 13.2 Å². The number of rotatable bonds is 2. The van der Waals surface area contributed by atoms with Crippen LogP contribution >= 0.6 is 11.8 Å². The van der Waals surface area contributed by atoms with Crippen molar-refractivity contribution in [3.63, 3.8) is 0 Å². The fourth-order valence-electron chi connectivity index (χ4n) is 1.94. The number of hydrogen-bond donors (Lipinski definition) is 1. The highest BCUT2D eigenvalue weighted by Gasteiger charge is 2.35. The van der Waals surface area contributed by atoms with Crippen LogP contribution in [-0.4, -0.2) is 17.0 Å². The molecule has 1 aliphatic heterocycles. The molecule has 1 atom stereocenters. The van der Waals surface area contributed by atoms with Crippen molar-refractivity contribution in [2.75, 3.05) is 11.9 Å². The Labute approximate surface area is 107 Å². The smallest absolute Gasteiger partial charge is 0.161 e. The molecular formula is C12H11F3N2S. The van der Waals surface area contributed by atoms with Crippen molar-refractivity contribution in [1.29, 1.82) is 0 Å². The number of thioether (sulfide) groups is 1. The number of benzene rings is 1. The lowest BCUT2D eigenvalue weighted by Crippen LogP contribution is -2.11. The monoisotopic (exact) mass is 272 g/mol. The second-order valence-corrected chi connectivity index (χ2v) is 5.74. The van der Waals surface area contributed by atoms with E-state index in [1.165, 1.54) is 24.6 Å². The minimum absolute atomic E-state index is 0.334. The molecule has 3 rings (SSSR count). The largest absolute Gasteiger partial charge is 0.330 e. The molecule has 0 spiro atoms. The molecule has 1 fully saturated rings. The summed E-state index contributed by atoms with van der Waals surface area (Å²) in [7, 11) is 0. The third-order valence-corrected chi connectivity index (χ3v) is 4.36. The molecule has 0 aromatic heterocycles. The zero-order valence-corrected chi connectivity index (χ0v) is 10.2. The Morgan fingerprint density at radius 1 is 1.17 bits per heavy atom. The van der Waals surface area contributed by atoms with Gasteiger partial charge in [0.15, 0.2) is 16.8 Å². The van der Waals surface area contributed by atoms with Crippen LogP contribution in [0.5, 0.6) is 0 Å². The van der Waals surface area contributed by atoms with E-state index in [4.69, 9.17) is 0 Å². The fourth-order valence-corrected chi connectivity index (χ4v) is 3.15. The lowest BCUT2D eigenvalue weighted by atomic mass is 10.3. The SMILES string of the molecule is Fc1cc(F)c(NC2=NCC(C3CC3)S2)c(F)c1. The number of anilines is 1. The van der Waals surface area contributed by atoms with Crippen LogP contribution in [0.2, 0.25) is 0 Å². The summed E-state index contributed by atoms with van der Waals surface area (Å²) in [5.41, 5.74) is -0.334. The summed E-state index contributed by atoms with van der Waals surface area (Å²) in [6, 6.07) is 1.31. The average molecular weight is 272 g/mol. The van der Waals surface area contributed by atoms with Crippen LogP contribution in [0.4, 0.5) is 18.9 Å². The minimum Gasteiger partial charge on any atom is -0.330 e. The van der Waals surface area contributed by atoms with Crippen LogP contribution in [0.3, 0.4) is 0 Å². The van der Waals surface area contributed by atoms with E-state index in [0.717, 1.165) is 0 Å². The molecule has 0 bridgehead atoms. The fraction of sp³-hybridized carbons (Fsp3) is 0.417. The van der Waals surface area contributed by atoms with Crippen molar-refractivity contribution in [1.82, 2.24) is 0 Å². The van der Waals surface area contributed by atoms with Gasteiger partial charge in [0.2, 0.25) is 0 Å². The van der Waals surface area contributed by atoms with Crippen LogP contribution in [0.1, 0.15) is 12.8 Å².